The predicted molar refractivity (Wildman–Crippen MR) is 85.1 cm³/mol. The standard InChI is InChI=1S/C14H7BrCl2N2O/c15-8-1-6-12-11(7-8)18-13(17)14(20)19(12)10-4-2-9(16)3-5-10/h1-7H. The van der Waals surface area contributed by atoms with Crippen LogP contribution in [-0.2, 0) is 0 Å². The Kier molecular flexibility index (Phi) is 3.54. The van der Waals surface area contributed by atoms with E-state index >= 15 is 0 Å². The summed E-state index contributed by atoms with van der Waals surface area (Å²) in [5.74, 6) is 0. The van der Waals surface area contributed by atoms with Crippen LogP contribution >= 0.6 is 39.1 Å². The number of hydrogen-bond acceptors (Lipinski definition) is 2. The quantitative estimate of drug-likeness (QED) is 0.634. The van der Waals surface area contributed by atoms with Crippen LogP contribution in [0.15, 0.2) is 51.7 Å². The Morgan fingerprint density at radius 2 is 1.75 bits per heavy atom. The molecule has 0 fully saturated rings. The zero-order chi connectivity index (χ0) is 14.3. The lowest BCUT2D eigenvalue weighted by atomic mass is 10.2. The second kappa shape index (κ2) is 5.20. The molecular weight excluding hydrogens is 363 g/mol. The molecule has 20 heavy (non-hydrogen) atoms. The van der Waals surface area contributed by atoms with Gasteiger partial charge in [-0.15, -0.1) is 0 Å². The second-order valence-corrected chi connectivity index (χ2v) is 5.86. The molecule has 0 saturated carbocycles. The smallest absolute Gasteiger partial charge is 0.273 e. The van der Waals surface area contributed by atoms with Gasteiger partial charge in [-0.1, -0.05) is 39.1 Å². The van der Waals surface area contributed by atoms with E-state index in [4.69, 9.17) is 23.2 Å². The van der Waals surface area contributed by atoms with Gasteiger partial charge in [-0.3, -0.25) is 9.36 Å². The minimum Gasteiger partial charge on any atom is -0.273 e. The summed E-state index contributed by atoms with van der Waals surface area (Å²) in [5, 5.41) is 0.541. The van der Waals surface area contributed by atoms with Gasteiger partial charge in [0.25, 0.3) is 5.56 Å². The van der Waals surface area contributed by atoms with Crippen molar-refractivity contribution in [2.75, 3.05) is 0 Å². The zero-order valence-electron chi connectivity index (χ0n) is 9.98. The summed E-state index contributed by atoms with van der Waals surface area (Å²) in [4.78, 5) is 16.4. The van der Waals surface area contributed by atoms with Crippen molar-refractivity contribution in [1.82, 2.24) is 9.55 Å². The van der Waals surface area contributed by atoms with Crippen LogP contribution in [0.3, 0.4) is 0 Å². The normalized spacial score (nSPS) is 10.9. The van der Waals surface area contributed by atoms with Crippen molar-refractivity contribution in [3.8, 4) is 5.69 Å². The van der Waals surface area contributed by atoms with E-state index < -0.39 is 0 Å². The molecule has 0 bridgehead atoms. The van der Waals surface area contributed by atoms with E-state index in [0.29, 0.717) is 21.7 Å². The summed E-state index contributed by atoms with van der Waals surface area (Å²) in [6.07, 6.45) is 0. The summed E-state index contributed by atoms with van der Waals surface area (Å²) in [6.45, 7) is 0. The summed E-state index contributed by atoms with van der Waals surface area (Å²) in [5.41, 5.74) is 1.66. The maximum Gasteiger partial charge on any atom is 0.293 e. The molecule has 1 aromatic heterocycles. The van der Waals surface area contributed by atoms with E-state index in [1.165, 1.54) is 4.57 Å². The van der Waals surface area contributed by atoms with Crippen LogP contribution in [-0.4, -0.2) is 9.55 Å². The highest BCUT2D eigenvalue weighted by molar-refractivity contribution is 9.10. The van der Waals surface area contributed by atoms with Crippen molar-refractivity contribution >= 4 is 50.2 Å². The maximum atomic E-state index is 12.3. The third kappa shape index (κ3) is 2.35. The largest absolute Gasteiger partial charge is 0.293 e. The van der Waals surface area contributed by atoms with Gasteiger partial charge in [0.15, 0.2) is 5.15 Å². The zero-order valence-corrected chi connectivity index (χ0v) is 13.1. The molecule has 3 nitrogen and oxygen atoms in total. The average molecular weight is 370 g/mol. The van der Waals surface area contributed by atoms with E-state index in [0.717, 1.165) is 4.47 Å². The van der Waals surface area contributed by atoms with E-state index in [9.17, 15) is 4.79 Å². The SMILES string of the molecule is O=c1c(Cl)nc2cc(Br)ccc2n1-c1ccc(Cl)cc1. The molecule has 2 aromatic carbocycles. The first-order valence-electron chi connectivity index (χ1n) is 5.70. The van der Waals surface area contributed by atoms with Crippen LogP contribution in [0.4, 0.5) is 0 Å². The van der Waals surface area contributed by atoms with Gasteiger partial charge >= 0.3 is 0 Å². The minimum atomic E-state index is -0.358. The van der Waals surface area contributed by atoms with Gasteiger partial charge in [-0.05, 0) is 42.5 Å². The number of nitrogens with zero attached hydrogens (tertiary/aromatic N) is 2. The molecule has 0 spiro atoms. The van der Waals surface area contributed by atoms with Gasteiger partial charge in [-0.2, -0.15) is 0 Å². The molecular formula is C14H7BrCl2N2O. The highest BCUT2D eigenvalue weighted by atomic mass is 79.9. The highest BCUT2D eigenvalue weighted by Gasteiger charge is 2.11. The van der Waals surface area contributed by atoms with E-state index in [2.05, 4.69) is 20.9 Å². The highest BCUT2D eigenvalue weighted by Crippen LogP contribution is 2.21. The Labute approximate surface area is 132 Å². The minimum absolute atomic E-state index is 0.0643. The Balaban J connectivity index is 2.41. The first-order chi connectivity index (χ1) is 9.56. The first kappa shape index (κ1) is 13.6. The number of rotatable bonds is 1. The van der Waals surface area contributed by atoms with Gasteiger partial charge < -0.3 is 0 Å². The summed E-state index contributed by atoms with van der Waals surface area (Å²) in [7, 11) is 0. The van der Waals surface area contributed by atoms with E-state index in [1.807, 2.05) is 18.2 Å². The fourth-order valence-corrected chi connectivity index (χ4v) is 2.63. The average Bonchev–Trinajstić information content (AvgIpc) is 2.42. The lowest BCUT2D eigenvalue weighted by molar-refractivity contribution is 1.02. The molecule has 1 heterocycles. The lowest BCUT2D eigenvalue weighted by Gasteiger charge is -2.10. The summed E-state index contributed by atoms with van der Waals surface area (Å²) < 4.78 is 2.39. The Hall–Kier alpha value is -1.36. The van der Waals surface area contributed by atoms with Crippen molar-refractivity contribution in [3.63, 3.8) is 0 Å². The fraction of sp³-hybridized carbons (Fsp3) is 0. The van der Waals surface area contributed by atoms with Gasteiger partial charge in [0.1, 0.15) is 0 Å². The van der Waals surface area contributed by atoms with E-state index in [1.54, 1.807) is 24.3 Å². The van der Waals surface area contributed by atoms with Crippen molar-refractivity contribution in [3.05, 3.63) is 67.5 Å². The Bertz CT molecular complexity index is 859. The molecule has 0 unspecified atom stereocenters. The number of halogens is 3. The summed E-state index contributed by atoms with van der Waals surface area (Å²) in [6, 6.07) is 12.5. The Morgan fingerprint density at radius 1 is 1.05 bits per heavy atom. The lowest BCUT2D eigenvalue weighted by Crippen LogP contribution is -2.20. The van der Waals surface area contributed by atoms with Gasteiger partial charge in [0.05, 0.1) is 11.0 Å². The van der Waals surface area contributed by atoms with Gasteiger partial charge in [-0.25, -0.2) is 4.98 Å². The number of benzene rings is 2. The van der Waals surface area contributed by atoms with Crippen LogP contribution in [0.25, 0.3) is 16.7 Å². The maximum absolute atomic E-state index is 12.3. The van der Waals surface area contributed by atoms with Crippen LogP contribution in [0.2, 0.25) is 10.2 Å². The second-order valence-electron chi connectivity index (χ2n) is 4.15. The third-order valence-electron chi connectivity index (χ3n) is 2.86. The Morgan fingerprint density at radius 3 is 2.45 bits per heavy atom. The van der Waals surface area contributed by atoms with Crippen LogP contribution in [0.5, 0.6) is 0 Å². The van der Waals surface area contributed by atoms with Gasteiger partial charge in [0, 0.05) is 15.2 Å². The molecule has 6 heteroatoms. The molecule has 0 radical (unpaired) electrons. The monoisotopic (exact) mass is 368 g/mol. The van der Waals surface area contributed by atoms with Crippen molar-refractivity contribution in [2.45, 2.75) is 0 Å². The molecule has 0 aliphatic rings. The van der Waals surface area contributed by atoms with Crippen LogP contribution < -0.4 is 5.56 Å². The number of aromatic nitrogens is 2. The molecule has 100 valence electrons. The summed E-state index contributed by atoms with van der Waals surface area (Å²) >= 11 is 15.2. The molecule has 3 aromatic rings. The number of hydrogen-bond donors (Lipinski definition) is 0. The topological polar surface area (TPSA) is 34.9 Å². The first-order valence-corrected chi connectivity index (χ1v) is 7.25. The number of fused-ring (bicyclic) bond motifs is 1. The predicted octanol–water partition coefficient (Wildman–Crippen LogP) is 4.46. The van der Waals surface area contributed by atoms with Gasteiger partial charge in [0.2, 0.25) is 0 Å². The van der Waals surface area contributed by atoms with Crippen molar-refractivity contribution < 1.29 is 0 Å². The molecule has 0 N–H and O–H groups in total. The molecule has 0 atom stereocenters. The van der Waals surface area contributed by atoms with Crippen LogP contribution in [0.1, 0.15) is 0 Å². The molecule has 0 aliphatic heterocycles. The van der Waals surface area contributed by atoms with Crippen molar-refractivity contribution in [2.24, 2.45) is 0 Å². The molecule has 0 amide bonds. The molecule has 3 rings (SSSR count). The van der Waals surface area contributed by atoms with E-state index in [-0.39, 0.29) is 10.7 Å². The fourth-order valence-electron chi connectivity index (χ4n) is 1.98. The van der Waals surface area contributed by atoms with Crippen LogP contribution in [0, 0.1) is 0 Å². The van der Waals surface area contributed by atoms with Crippen molar-refractivity contribution in [1.29, 1.82) is 0 Å². The molecule has 0 aliphatic carbocycles. The third-order valence-corrected chi connectivity index (χ3v) is 3.85. The molecule has 0 saturated heterocycles.